The Morgan fingerprint density at radius 1 is 0.935 bits per heavy atom. The van der Waals surface area contributed by atoms with Gasteiger partial charge in [0.25, 0.3) is 11.5 Å². The minimum absolute atomic E-state index is 0.0745. The molecule has 0 atom stereocenters. The highest BCUT2D eigenvalue weighted by molar-refractivity contribution is 5.94. The number of anilines is 1. The number of piperazine rings is 1. The van der Waals surface area contributed by atoms with Crippen LogP contribution in [0.2, 0.25) is 0 Å². The number of aromatic nitrogens is 3. The molecule has 1 aromatic carbocycles. The Morgan fingerprint density at radius 3 is 2.35 bits per heavy atom. The van der Waals surface area contributed by atoms with Crippen molar-refractivity contribution in [3.8, 4) is 0 Å². The normalized spacial score (nSPS) is 16.4. The molecule has 0 unspecified atom stereocenters. The fraction of sp³-hybridized carbons (Fsp3) is 0.318. The molecule has 3 heterocycles. The van der Waals surface area contributed by atoms with Gasteiger partial charge in [0.15, 0.2) is 11.3 Å². The molecule has 5 rings (SSSR count). The molecule has 1 N–H and O–H groups in total. The third-order valence-corrected chi connectivity index (χ3v) is 5.64. The number of urea groups is 1. The van der Waals surface area contributed by atoms with Gasteiger partial charge in [-0.2, -0.15) is 0 Å². The van der Waals surface area contributed by atoms with Crippen molar-refractivity contribution >= 4 is 28.8 Å². The van der Waals surface area contributed by atoms with E-state index in [0.717, 1.165) is 18.5 Å². The van der Waals surface area contributed by atoms with Gasteiger partial charge < -0.3 is 15.1 Å². The van der Waals surface area contributed by atoms with E-state index >= 15 is 0 Å². The maximum atomic E-state index is 13.1. The zero-order valence-electron chi connectivity index (χ0n) is 16.9. The van der Waals surface area contributed by atoms with E-state index in [-0.39, 0.29) is 23.3 Å². The Labute approximate surface area is 178 Å². The number of rotatable bonds is 3. The van der Waals surface area contributed by atoms with Crippen molar-refractivity contribution in [1.82, 2.24) is 24.3 Å². The fourth-order valence-corrected chi connectivity index (χ4v) is 3.84. The minimum Gasteiger partial charge on any atom is -0.334 e. The SMILES string of the molecule is O=C(Nc1ccccc1)N1CCN(C(=O)c2nc3cccnc3n(C3CC3)c2=O)CC1. The highest BCUT2D eigenvalue weighted by Gasteiger charge is 2.32. The topological polar surface area (TPSA) is 100 Å². The smallest absolute Gasteiger partial charge is 0.321 e. The standard InChI is InChI=1S/C22H22N6O3/c29-20(18-21(30)28(16-8-9-16)19-17(25-18)7-4-10-23-19)26-11-13-27(14-12-26)22(31)24-15-5-2-1-3-6-15/h1-7,10,16H,8-9,11-14H2,(H,24,31). The fourth-order valence-electron chi connectivity index (χ4n) is 3.84. The van der Waals surface area contributed by atoms with Gasteiger partial charge in [0.1, 0.15) is 5.52 Å². The number of fused-ring (bicyclic) bond motifs is 1. The summed E-state index contributed by atoms with van der Waals surface area (Å²) in [5.41, 5.74) is 1.32. The molecule has 0 radical (unpaired) electrons. The quantitative estimate of drug-likeness (QED) is 0.702. The summed E-state index contributed by atoms with van der Waals surface area (Å²) < 4.78 is 1.61. The molecule has 1 aliphatic heterocycles. The van der Waals surface area contributed by atoms with E-state index in [1.54, 1.807) is 32.7 Å². The average Bonchev–Trinajstić information content (AvgIpc) is 3.64. The minimum atomic E-state index is -0.395. The van der Waals surface area contributed by atoms with Crippen LogP contribution in [-0.2, 0) is 0 Å². The number of nitrogens with one attached hydrogen (secondary N) is 1. The van der Waals surface area contributed by atoms with Crippen LogP contribution in [0, 0.1) is 0 Å². The lowest BCUT2D eigenvalue weighted by Crippen LogP contribution is -2.52. The van der Waals surface area contributed by atoms with Gasteiger partial charge in [-0.25, -0.2) is 14.8 Å². The number of benzene rings is 1. The van der Waals surface area contributed by atoms with E-state index in [0.29, 0.717) is 37.3 Å². The maximum Gasteiger partial charge on any atom is 0.321 e. The van der Waals surface area contributed by atoms with Crippen LogP contribution in [-0.4, -0.2) is 62.5 Å². The lowest BCUT2D eigenvalue weighted by molar-refractivity contribution is 0.0663. The second-order valence-corrected chi connectivity index (χ2v) is 7.79. The van der Waals surface area contributed by atoms with Gasteiger partial charge in [0, 0.05) is 44.1 Å². The highest BCUT2D eigenvalue weighted by atomic mass is 16.2. The van der Waals surface area contributed by atoms with E-state index in [2.05, 4.69) is 15.3 Å². The number of carbonyl (C=O) groups is 2. The van der Waals surface area contributed by atoms with Crippen LogP contribution in [0.15, 0.2) is 53.5 Å². The summed E-state index contributed by atoms with van der Waals surface area (Å²) in [5, 5.41) is 2.85. The molecule has 31 heavy (non-hydrogen) atoms. The molecular weight excluding hydrogens is 396 g/mol. The number of nitrogens with zero attached hydrogens (tertiary/aromatic N) is 5. The van der Waals surface area contributed by atoms with Crippen LogP contribution in [0.25, 0.3) is 11.2 Å². The van der Waals surface area contributed by atoms with E-state index in [1.807, 2.05) is 30.3 Å². The summed E-state index contributed by atoms with van der Waals surface area (Å²) in [6.07, 6.45) is 3.43. The van der Waals surface area contributed by atoms with Crippen molar-refractivity contribution in [1.29, 1.82) is 0 Å². The Bertz CT molecular complexity index is 1200. The van der Waals surface area contributed by atoms with Gasteiger partial charge >= 0.3 is 6.03 Å². The molecule has 3 amide bonds. The molecule has 3 aromatic rings. The number of para-hydroxylation sites is 1. The molecule has 0 bridgehead atoms. The summed E-state index contributed by atoms with van der Waals surface area (Å²) in [4.78, 5) is 50.6. The Hall–Kier alpha value is -3.75. The molecule has 2 fully saturated rings. The van der Waals surface area contributed by atoms with Gasteiger partial charge in [0.05, 0.1) is 0 Å². The van der Waals surface area contributed by atoms with Crippen molar-refractivity contribution in [2.45, 2.75) is 18.9 Å². The molecule has 1 saturated carbocycles. The first-order chi connectivity index (χ1) is 15.1. The van der Waals surface area contributed by atoms with Gasteiger partial charge in [0.2, 0.25) is 0 Å². The number of carbonyl (C=O) groups excluding carboxylic acids is 2. The summed E-state index contributed by atoms with van der Waals surface area (Å²) in [5.74, 6) is -0.395. The van der Waals surface area contributed by atoms with Gasteiger partial charge in [-0.3, -0.25) is 14.2 Å². The van der Waals surface area contributed by atoms with Crippen LogP contribution < -0.4 is 10.9 Å². The van der Waals surface area contributed by atoms with Crippen LogP contribution in [0.3, 0.4) is 0 Å². The van der Waals surface area contributed by atoms with E-state index < -0.39 is 5.91 Å². The summed E-state index contributed by atoms with van der Waals surface area (Å²) in [6, 6.07) is 12.6. The first-order valence-electron chi connectivity index (χ1n) is 10.4. The van der Waals surface area contributed by atoms with Crippen molar-refractivity contribution < 1.29 is 9.59 Å². The molecular formula is C22H22N6O3. The molecule has 9 heteroatoms. The van der Waals surface area contributed by atoms with E-state index in [9.17, 15) is 14.4 Å². The second kappa shape index (κ2) is 7.82. The van der Waals surface area contributed by atoms with E-state index in [1.165, 1.54) is 0 Å². The summed E-state index contributed by atoms with van der Waals surface area (Å²) in [6.45, 7) is 1.46. The van der Waals surface area contributed by atoms with Crippen LogP contribution in [0.5, 0.6) is 0 Å². The molecule has 1 aliphatic carbocycles. The molecule has 1 saturated heterocycles. The Kier molecular flexibility index (Phi) is 4.85. The Morgan fingerprint density at radius 2 is 1.65 bits per heavy atom. The monoisotopic (exact) mass is 418 g/mol. The number of hydrogen-bond donors (Lipinski definition) is 1. The highest BCUT2D eigenvalue weighted by Crippen LogP contribution is 2.35. The first-order valence-corrected chi connectivity index (χ1v) is 10.4. The van der Waals surface area contributed by atoms with Crippen LogP contribution in [0.1, 0.15) is 29.4 Å². The van der Waals surface area contributed by atoms with Gasteiger partial charge in [-0.1, -0.05) is 18.2 Å². The van der Waals surface area contributed by atoms with Crippen molar-refractivity contribution in [3.63, 3.8) is 0 Å². The second-order valence-electron chi connectivity index (χ2n) is 7.79. The molecule has 0 spiro atoms. The third-order valence-electron chi connectivity index (χ3n) is 5.64. The predicted octanol–water partition coefficient (Wildman–Crippen LogP) is 2.12. The number of amides is 3. The lowest BCUT2D eigenvalue weighted by Gasteiger charge is -2.34. The third kappa shape index (κ3) is 3.74. The van der Waals surface area contributed by atoms with Gasteiger partial charge in [-0.05, 0) is 37.1 Å². The average molecular weight is 418 g/mol. The van der Waals surface area contributed by atoms with Crippen molar-refractivity contribution in [2.75, 3.05) is 31.5 Å². The molecule has 2 aromatic heterocycles. The van der Waals surface area contributed by atoms with Gasteiger partial charge in [-0.15, -0.1) is 0 Å². The number of pyridine rings is 1. The Balaban J connectivity index is 1.32. The summed E-state index contributed by atoms with van der Waals surface area (Å²) in [7, 11) is 0. The lowest BCUT2D eigenvalue weighted by atomic mass is 10.2. The molecule has 158 valence electrons. The first kappa shape index (κ1) is 19.2. The molecule has 2 aliphatic rings. The van der Waals surface area contributed by atoms with E-state index in [4.69, 9.17) is 0 Å². The largest absolute Gasteiger partial charge is 0.334 e. The zero-order chi connectivity index (χ0) is 21.4. The van der Waals surface area contributed by atoms with Crippen LogP contribution in [0.4, 0.5) is 10.5 Å². The number of hydrogen-bond acceptors (Lipinski definition) is 5. The van der Waals surface area contributed by atoms with Crippen molar-refractivity contribution in [2.24, 2.45) is 0 Å². The summed E-state index contributed by atoms with van der Waals surface area (Å²) >= 11 is 0. The predicted molar refractivity (Wildman–Crippen MR) is 115 cm³/mol. The maximum absolute atomic E-state index is 13.1. The van der Waals surface area contributed by atoms with Crippen molar-refractivity contribution in [3.05, 3.63) is 64.7 Å². The molecule has 9 nitrogen and oxygen atoms in total. The van der Waals surface area contributed by atoms with Crippen LogP contribution >= 0.6 is 0 Å². The zero-order valence-corrected chi connectivity index (χ0v) is 16.9.